The van der Waals surface area contributed by atoms with Gasteiger partial charge < -0.3 is 10.2 Å². The van der Waals surface area contributed by atoms with Gasteiger partial charge in [0.25, 0.3) is 5.56 Å². The highest BCUT2D eigenvalue weighted by atomic mass is 16.4. The van der Waals surface area contributed by atoms with Crippen molar-refractivity contribution < 1.29 is 15.0 Å². The van der Waals surface area contributed by atoms with Crippen molar-refractivity contribution in [2.24, 2.45) is 0 Å². The molecular formula is C15H16N2O4. The predicted octanol–water partition coefficient (Wildman–Crippen LogP) is 1.98. The number of aromatic carboxylic acids is 1. The maximum absolute atomic E-state index is 11.8. The Morgan fingerprint density at radius 2 is 1.95 bits per heavy atom. The largest absolute Gasteiger partial charge is 0.505 e. The zero-order valence-corrected chi connectivity index (χ0v) is 11.6. The minimum atomic E-state index is -1.39. The number of carboxylic acids is 1. The SMILES string of the molecule is CCCCc1ccc(-n2nc(C(=O)O)c(O)cc2=O)cc1. The number of carbonyl (C=O) groups is 1. The van der Waals surface area contributed by atoms with E-state index in [1.54, 1.807) is 12.1 Å². The fraction of sp³-hybridized carbons (Fsp3) is 0.267. The van der Waals surface area contributed by atoms with Gasteiger partial charge in [0.1, 0.15) is 0 Å². The van der Waals surface area contributed by atoms with Crippen LogP contribution in [0.2, 0.25) is 0 Å². The Balaban J connectivity index is 2.39. The van der Waals surface area contributed by atoms with Crippen molar-refractivity contribution >= 4 is 5.97 Å². The molecule has 110 valence electrons. The predicted molar refractivity (Wildman–Crippen MR) is 77.1 cm³/mol. The molecule has 0 atom stereocenters. The van der Waals surface area contributed by atoms with Gasteiger partial charge in [-0.1, -0.05) is 25.5 Å². The van der Waals surface area contributed by atoms with E-state index in [1.165, 1.54) is 0 Å². The van der Waals surface area contributed by atoms with Crippen LogP contribution in [-0.2, 0) is 6.42 Å². The van der Waals surface area contributed by atoms with Gasteiger partial charge in [-0.15, -0.1) is 0 Å². The summed E-state index contributed by atoms with van der Waals surface area (Å²) in [7, 11) is 0. The molecule has 0 aliphatic carbocycles. The highest BCUT2D eigenvalue weighted by molar-refractivity contribution is 5.88. The molecule has 0 amide bonds. The summed E-state index contributed by atoms with van der Waals surface area (Å²) in [4.78, 5) is 22.8. The Kier molecular flexibility index (Phi) is 4.37. The minimum Gasteiger partial charge on any atom is -0.505 e. The highest BCUT2D eigenvalue weighted by Crippen LogP contribution is 2.14. The molecule has 0 bridgehead atoms. The standard InChI is InChI=1S/C15H16N2O4/c1-2-3-4-10-5-7-11(8-6-10)17-13(19)9-12(18)14(16-17)15(20)21/h5-9,18H,2-4H2,1H3,(H,20,21). The summed E-state index contributed by atoms with van der Waals surface area (Å²) in [6.07, 6.45) is 3.14. The molecule has 0 saturated carbocycles. The molecule has 1 aromatic carbocycles. The van der Waals surface area contributed by atoms with Crippen molar-refractivity contribution in [1.82, 2.24) is 9.78 Å². The number of benzene rings is 1. The van der Waals surface area contributed by atoms with Gasteiger partial charge in [0.15, 0.2) is 5.75 Å². The molecule has 2 rings (SSSR count). The summed E-state index contributed by atoms with van der Waals surface area (Å²) in [6.45, 7) is 2.11. The van der Waals surface area contributed by atoms with E-state index in [1.807, 2.05) is 12.1 Å². The number of aromatic hydroxyl groups is 1. The van der Waals surface area contributed by atoms with Crippen LogP contribution in [0.1, 0.15) is 35.8 Å². The van der Waals surface area contributed by atoms with Crippen LogP contribution in [0.15, 0.2) is 35.1 Å². The normalized spacial score (nSPS) is 10.5. The van der Waals surface area contributed by atoms with Crippen molar-refractivity contribution in [3.63, 3.8) is 0 Å². The molecule has 0 saturated heterocycles. The Labute approximate surface area is 121 Å². The van der Waals surface area contributed by atoms with E-state index < -0.39 is 23.0 Å². The van der Waals surface area contributed by atoms with Gasteiger partial charge in [-0.3, -0.25) is 4.79 Å². The summed E-state index contributed by atoms with van der Waals surface area (Å²) >= 11 is 0. The first-order valence-corrected chi connectivity index (χ1v) is 6.69. The molecule has 2 aromatic rings. The van der Waals surface area contributed by atoms with Gasteiger partial charge in [-0.05, 0) is 30.5 Å². The number of aryl methyl sites for hydroxylation is 1. The number of unbranched alkanes of at least 4 members (excludes halogenated alkanes) is 1. The van der Waals surface area contributed by atoms with Crippen LogP contribution in [0.5, 0.6) is 5.75 Å². The van der Waals surface area contributed by atoms with E-state index in [0.29, 0.717) is 5.69 Å². The highest BCUT2D eigenvalue weighted by Gasteiger charge is 2.15. The molecule has 6 heteroatoms. The van der Waals surface area contributed by atoms with E-state index in [0.717, 1.165) is 35.6 Å². The number of rotatable bonds is 5. The molecule has 1 heterocycles. The van der Waals surface area contributed by atoms with Crippen LogP contribution in [-0.4, -0.2) is 26.0 Å². The third kappa shape index (κ3) is 3.28. The topological polar surface area (TPSA) is 92.4 Å². The zero-order valence-electron chi connectivity index (χ0n) is 11.6. The van der Waals surface area contributed by atoms with Crippen LogP contribution < -0.4 is 5.56 Å². The minimum absolute atomic E-state index is 0.461. The number of hydrogen-bond donors (Lipinski definition) is 2. The molecular weight excluding hydrogens is 272 g/mol. The summed E-state index contributed by atoms with van der Waals surface area (Å²) < 4.78 is 0.965. The van der Waals surface area contributed by atoms with Crippen molar-refractivity contribution in [1.29, 1.82) is 0 Å². The van der Waals surface area contributed by atoms with E-state index in [9.17, 15) is 14.7 Å². The first-order valence-electron chi connectivity index (χ1n) is 6.69. The maximum atomic E-state index is 11.8. The average Bonchev–Trinajstić information content (AvgIpc) is 2.45. The average molecular weight is 288 g/mol. The Morgan fingerprint density at radius 1 is 1.29 bits per heavy atom. The first-order chi connectivity index (χ1) is 10.0. The molecule has 0 fully saturated rings. The van der Waals surface area contributed by atoms with E-state index in [2.05, 4.69) is 12.0 Å². The summed E-state index contributed by atoms with van der Waals surface area (Å²) in [5.74, 6) is -2.02. The lowest BCUT2D eigenvalue weighted by Gasteiger charge is -2.07. The second-order valence-corrected chi connectivity index (χ2v) is 4.70. The molecule has 21 heavy (non-hydrogen) atoms. The second-order valence-electron chi connectivity index (χ2n) is 4.70. The smallest absolute Gasteiger partial charge is 0.360 e. The number of nitrogens with zero attached hydrogens (tertiary/aromatic N) is 2. The Hall–Kier alpha value is -2.63. The maximum Gasteiger partial charge on any atom is 0.360 e. The molecule has 1 aromatic heterocycles. The lowest BCUT2D eigenvalue weighted by molar-refractivity contribution is 0.0684. The van der Waals surface area contributed by atoms with Crippen LogP contribution in [0, 0.1) is 0 Å². The van der Waals surface area contributed by atoms with Gasteiger partial charge in [0.2, 0.25) is 5.69 Å². The second kappa shape index (κ2) is 6.21. The number of aromatic nitrogens is 2. The number of carboxylic acid groups (broad SMARTS) is 1. The number of hydrogen-bond acceptors (Lipinski definition) is 4. The Morgan fingerprint density at radius 3 is 2.52 bits per heavy atom. The fourth-order valence-corrected chi connectivity index (χ4v) is 1.97. The molecule has 0 aliphatic heterocycles. The lowest BCUT2D eigenvalue weighted by Crippen LogP contribution is -2.23. The zero-order chi connectivity index (χ0) is 15.4. The molecule has 0 aliphatic rings. The molecule has 6 nitrogen and oxygen atoms in total. The molecule has 0 spiro atoms. The van der Waals surface area contributed by atoms with E-state index in [4.69, 9.17) is 5.11 Å². The van der Waals surface area contributed by atoms with Crippen LogP contribution in [0.3, 0.4) is 0 Å². The van der Waals surface area contributed by atoms with Crippen molar-refractivity contribution in [2.75, 3.05) is 0 Å². The van der Waals surface area contributed by atoms with Gasteiger partial charge in [-0.2, -0.15) is 9.78 Å². The third-order valence-electron chi connectivity index (χ3n) is 3.11. The van der Waals surface area contributed by atoms with Crippen LogP contribution in [0.4, 0.5) is 0 Å². The van der Waals surface area contributed by atoms with Crippen molar-refractivity contribution in [3.8, 4) is 11.4 Å². The first kappa shape index (κ1) is 14.8. The monoisotopic (exact) mass is 288 g/mol. The summed E-state index contributed by atoms with van der Waals surface area (Å²) in [5.41, 5.74) is 0.470. The fourth-order valence-electron chi connectivity index (χ4n) is 1.97. The van der Waals surface area contributed by atoms with Crippen molar-refractivity contribution in [2.45, 2.75) is 26.2 Å². The summed E-state index contributed by atoms with van der Waals surface area (Å²) in [5, 5.41) is 22.0. The summed E-state index contributed by atoms with van der Waals surface area (Å²) in [6, 6.07) is 8.03. The molecule has 0 unspecified atom stereocenters. The Bertz CT molecular complexity index is 705. The van der Waals surface area contributed by atoms with Gasteiger partial charge in [0, 0.05) is 6.07 Å². The van der Waals surface area contributed by atoms with Crippen LogP contribution in [0.25, 0.3) is 5.69 Å². The third-order valence-corrected chi connectivity index (χ3v) is 3.11. The quantitative estimate of drug-likeness (QED) is 0.877. The molecule has 0 radical (unpaired) electrons. The van der Waals surface area contributed by atoms with E-state index in [-0.39, 0.29) is 0 Å². The van der Waals surface area contributed by atoms with Gasteiger partial charge in [0.05, 0.1) is 5.69 Å². The van der Waals surface area contributed by atoms with Gasteiger partial charge >= 0.3 is 5.97 Å². The van der Waals surface area contributed by atoms with Crippen molar-refractivity contribution in [3.05, 3.63) is 51.9 Å². The molecule has 2 N–H and O–H groups in total. The van der Waals surface area contributed by atoms with Crippen LogP contribution >= 0.6 is 0 Å². The lowest BCUT2D eigenvalue weighted by atomic mass is 10.1. The van der Waals surface area contributed by atoms with Gasteiger partial charge in [-0.25, -0.2) is 4.79 Å². The van der Waals surface area contributed by atoms with E-state index >= 15 is 0 Å².